The van der Waals surface area contributed by atoms with Crippen LogP contribution in [0.2, 0.25) is 0 Å². The van der Waals surface area contributed by atoms with Gasteiger partial charge >= 0.3 is 0 Å². The standard InChI is InChI=1S/C20H18F3N3S3/c21-12-2-5-16(18(27)7-12)25-10-29-20-9-14(23)3-6-17(20)26-11-28-19-8-13(22)1-4-15(19)24/h1-9,25-27H,10-11,24H2. The van der Waals surface area contributed by atoms with E-state index in [0.717, 1.165) is 5.69 Å². The number of thiol groups is 1. The first-order chi connectivity index (χ1) is 13.9. The van der Waals surface area contributed by atoms with Gasteiger partial charge in [0.2, 0.25) is 0 Å². The van der Waals surface area contributed by atoms with Crippen LogP contribution in [0, 0.1) is 17.5 Å². The van der Waals surface area contributed by atoms with Crippen LogP contribution in [0.3, 0.4) is 0 Å². The molecule has 3 nitrogen and oxygen atoms in total. The van der Waals surface area contributed by atoms with Gasteiger partial charge in [-0.15, -0.1) is 36.2 Å². The third-order valence-corrected chi connectivity index (χ3v) is 6.12. The number of nitrogen functional groups attached to an aromatic ring is 1. The molecule has 152 valence electrons. The molecule has 0 heterocycles. The smallest absolute Gasteiger partial charge is 0.124 e. The zero-order valence-electron chi connectivity index (χ0n) is 15.1. The van der Waals surface area contributed by atoms with E-state index in [1.807, 2.05) is 0 Å². The first-order valence-corrected chi connectivity index (χ1v) is 10.9. The molecule has 0 aromatic heterocycles. The number of anilines is 3. The van der Waals surface area contributed by atoms with Gasteiger partial charge in [0.25, 0.3) is 0 Å². The summed E-state index contributed by atoms with van der Waals surface area (Å²) >= 11 is 6.98. The van der Waals surface area contributed by atoms with Gasteiger partial charge in [-0.05, 0) is 54.6 Å². The Balaban J connectivity index is 1.60. The number of nitrogens with two attached hydrogens (primary N) is 1. The molecule has 0 aliphatic heterocycles. The fourth-order valence-electron chi connectivity index (χ4n) is 2.43. The Morgan fingerprint density at radius 1 is 0.724 bits per heavy atom. The lowest BCUT2D eigenvalue weighted by atomic mass is 10.3. The summed E-state index contributed by atoms with van der Waals surface area (Å²) in [6.45, 7) is 0. The minimum Gasteiger partial charge on any atom is -0.398 e. The average molecular weight is 454 g/mol. The van der Waals surface area contributed by atoms with Crippen molar-refractivity contribution >= 4 is 53.2 Å². The minimum atomic E-state index is -0.360. The topological polar surface area (TPSA) is 50.1 Å². The summed E-state index contributed by atoms with van der Waals surface area (Å²) in [6, 6.07) is 12.9. The van der Waals surface area contributed by atoms with E-state index in [0.29, 0.717) is 37.8 Å². The van der Waals surface area contributed by atoms with E-state index < -0.39 is 0 Å². The lowest BCUT2D eigenvalue weighted by Crippen LogP contribution is -2.03. The van der Waals surface area contributed by atoms with Gasteiger partial charge < -0.3 is 16.4 Å². The van der Waals surface area contributed by atoms with Crippen LogP contribution in [-0.2, 0) is 0 Å². The maximum absolute atomic E-state index is 13.7. The molecule has 0 unspecified atom stereocenters. The largest absolute Gasteiger partial charge is 0.398 e. The van der Waals surface area contributed by atoms with Crippen molar-refractivity contribution in [3.05, 3.63) is 72.0 Å². The maximum atomic E-state index is 13.7. The third-order valence-electron chi connectivity index (χ3n) is 3.86. The minimum absolute atomic E-state index is 0.350. The molecule has 0 spiro atoms. The molecule has 0 atom stereocenters. The van der Waals surface area contributed by atoms with E-state index in [4.69, 9.17) is 5.73 Å². The monoisotopic (exact) mass is 453 g/mol. The van der Waals surface area contributed by atoms with E-state index >= 15 is 0 Å². The molecule has 0 fully saturated rings. The highest BCUT2D eigenvalue weighted by atomic mass is 32.2. The number of rotatable bonds is 8. The number of benzene rings is 3. The molecule has 0 aliphatic carbocycles. The van der Waals surface area contributed by atoms with Crippen molar-refractivity contribution in [2.75, 3.05) is 28.1 Å². The quantitative estimate of drug-likeness (QED) is 0.140. The molecule has 29 heavy (non-hydrogen) atoms. The molecular weight excluding hydrogens is 435 g/mol. The van der Waals surface area contributed by atoms with Gasteiger partial charge in [-0.2, -0.15) is 0 Å². The summed E-state index contributed by atoms with van der Waals surface area (Å²) in [5, 5.41) is 6.35. The Morgan fingerprint density at radius 3 is 1.93 bits per heavy atom. The number of hydrogen-bond acceptors (Lipinski definition) is 6. The predicted octanol–water partition coefficient (Wildman–Crippen LogP) is 6.30. The zero-order chi connectivity index (χ0) is 20.8. The van der Waals surface area contributed by atoms with Gasteiger partial charge in [-0.25, -0.2) is 13.2 Å². The van der Waals surface area contributed by atoms with Gasteiger partial charge in [0.15, 0.2) is 0 Å². The maximum Gasteiger partial charge on any atom is 0.124 e. The summed E-state index contributed by atoms with van der Waals surface area (Å²) in [6.07, 6.45) is 0. The molecule has 0 amide bonds. The second-order valence-corrected chi connectivity index (χ2v) is 8.43. The molecule has 3 aromatic rings. The molecule has 9 heteroatoms. The number of nitrogens with one attached hydrogen (secondary N) is 2. The molecule has 0 aliphatic rings. The Kier molecular flexibility index (Phi) is 7.51. The number of halogens is 3. The molecular formula is C20H18F3N3S3. The van der Waals surface area contributed by atoms with Crippen molar-refractivity contribution in [2.45, 2.75) is 14.7 Å². The molecule has 3 rings (SSSR count). The van der Waals surface area contributed by atoms with Crippen LogP contribution in [0.4, 0.5) is 30.2 Å². The van der Waals surface area contributed by atoms with Gasteiger partial charge in [0.05, 0.1) is 11.8 Å². The van der Waals surface area contributed by atoms with Gasteiger partial charge in [-0.3, -0.25) is 0 Å². The molecule has 0 saturated carbocycles. The second kappa shape index (κ2) is 10.1. The highest BCUT2D eigenvalue weighted by molar-refractivity contribution is 8.00. The van der Waals surface area contributed by atoms with Crippen molar-refractivity contribution in [1.82, 2.24) is 0 Å². The third kappa shape index (κ3) is 6.19. The van der Waals surface area contributed by atoms with E-state index in [2.05, 4.69) is 23.3 Å². The molecule has 0 saturated heterocycles. The van der Waals surface area contributed by atoms with Crippen molar-refractivity contribution in [3.8, 4) is 0 Å². The Bertz CT molecular complexity index is 1000. The number of thioether (sulfide) groups is 2. The zero-order valence-corrected chi connectivity index (χ0v) is 17.6. The van der Waals surface area contributed by atoms with Crippen LogP contribution in [0.15, 0.2) is 69.3 Å². The van der Waals surface area contributed by atoms with Crippen LogP contribution in [0.25, 0.3) is 0 Å². The van der Waals surface area contributed by atoms with E-state index in [9.17, 15) is 13.2 Å². The summed E-state index contributed by atoms with van der Waals surface area (Å²) in [4.78, 5) is 1.83. The van der Waals surface area contributed by atoms with Crippen molar-refractivity contribution in [2.24, 2.45) is 0 Å². The highest BCUT2D eigenvalue weighted by Crippen LogP contribution is 2.31. The first-order valence-electron chi connectivity index (χ1n) is 8.49. The SMILES string of the molecule is Nc1ccc(F)cc1SCNc1ccc(F)cc1SCNc1ccc(F)cc1S. The van der Waals surface area contributed by atoms with Crippen molar-refractivity contribution in [3.63, 3.8) is 0 Å². The number of hydrogen-bond donors (Lipinski definition) is 4. The van der Waals surface area contributed by atoms with Gasteiger partial charge in [0, 0.05) is 31.7 Å². The summed E-state index contributed by atoms with van der Waals surface area (Å²) < 4.78 is 40.2. The lowest BCUT2D eigenvalue weighted by Gasteiger charge is -2.14. The van der Waals surface area contributed by atoms with Crippen LogP contribution >= 0.6 is 36.2 Å². The fourth-order valence-corrected chi connectivity index (χ4v) is 4.40. The van der Waals surface area contributed by atoms with E-state index in [1.54, 1.807) is 12.1 Å². The van der Waals surface area contributed by atoms with Crippen LogP contribution in [0.5, 0.6) is 0 Å². The van der Waals surface area contributed by atoms with Crippen LogP contribution in [0.1, 0.15) is 0 Å². The first kappa shape index (κ1) is 21.6. The molecule has 3 aromatic carbocycles. The Labute approximate surface area is 181 Å². The molecule has 4 N–H and O–H groups in total. The summed E-state index contributed by atoms with van der Waals surface area (Å²) in [5.74, 6) is -0.200. The van der Waals surface area contributed by atoms with Crippen molar-refractivity contribution < 1.29 is 13.2 Å². The van der Waals surface area contributed by atoms with Crippen molar-refractivity contribution in [1.29, 1.82) is 0 Å². The predicted molar refractivity (Wildman–Crippen MR) is 120 cm³/mol. The van der Waals surface area contributed by atoms with Crippen LogP contribution in [-0.4, -0.2) is 11.8 Å². The Hall–Kier alpha value is -2.10. The van der Waals surface area contributed by atoms with Gasteiger partial charge in [-0.1, -0.05) is 0 Å². The molecule has 0 bridgehead atoms. The Morgan fingerprint density at radius 2 is 1.24 bits per heavy atom. The summed E-state index contributed by atoms with van der Waals surface area (Å²) in [5.41, 5.74) is 7.78. The van der Waals surface area contributed by atoms with E-state index in [1.165, 1.54) is 66.0 Å². The summed E-state index contributed by atoms with van der Waals surface area (Å²) in [7, 11) is 0. The average Bonchev–Trinajstić information content (AvgIpc) is 2.68. The second-order valence-electron chi connectivity index (χ2n) is 5.92. The fraction of sp³-hybridized carbons (Fsp3) is 0.100. The highest BCUT2D eigenvalue weighted by Gasteiger charge is 2.08. The molecule has 0 radical (unpaired) electrons. The van der Waals surface area contributed by atoms with E-state index in [-0.39, 0.29) is 17.5 Å². The van der Waals surface area contributed by atoms with Crippen LogP contribution < -0.4 is 16.4 Å². The normalized spacial score (nSPS) is 10.8. The van der Waals surface area contributed by atoms with Gasteiger partial charge in [0.1, 0.15) is 17.5 Å². The lowest BCUT2D eigenvalue weighted by molar-refractivity contribution is 0.624.